The molecule has 0 radical (unpaired) electrons. The predicted octanol–water partition coefficient (Wildman–Crippen LogP) is 1.22. The van der Waals surface area contributed by atoms with Crippen LogP contribution in [-0.2, 0) is 14.3 Å². The van der Waals surface area contributed by atoms with E-state index < -0.39 is 5.79 Å². The van der Waals surface area contributed by atoms with Gasteiger partial charge in [0.15, 0.2) is 11.8 Å². The molecule has 2 N–H and O–H groups in total. The Labute approximate surface area is 161 Å². The molecule has 1 aliphatic carbocycles. The van der Waals surface area contributed by atoms with E-state index in [1.807, 2.05) is 24.3 Å². The highest BCUT2D eigenvalue weighted by molar-refractivity contribution is 5.82. The van der Waals surface area contributed by atoms with Crippen LogP contribution in [0.15, 0.2) is 24.3 Å². The van der Waals surface area contributed by atoms with Gasteiger partial charge in [-0.15, -0.1) is 0 Å². The monoisotopic (exact) mass is 375 g/mol. The van der Waals surface area contributed by atoms with Gasteiger partial charge < -0.3 is 24.4 Å². The standard InChI is InChI=1S/C21H30N2O4/c1-25-18-8-6-16(7-9-18)19(20(24)22-17-4-2-3-5-17)23-12-10-21(11-13-23)26-14-15-27-21/h6-9,17,19H,2-5,10-15H2,1H3,(H,22,24)/p+1. The molecule has 1 saturated carbocycles. The highest BCUT2D eigenvalue weighted by Gasteiger charge is 2.45. The third-order valence-electron chi connectivity index (χ3n) is 6.29. The van der Waals surface area contributed by atoms with Gasteiger partial charge in [-0.3, -0.25) is 4.79 Å². The molecule has 1 unspecified atom stereocenters. The third-order valence-corrected chi connectivity index (χ3v) is 6.29. The number of ether oxygens (including phenoxy) is 3. The minimum Gasteiger partial charge on any atom is -0.497 e. The van der Waals surface area contributed by atoms with E-state index in [-0.39, 0.29) is 11.9 Å². The van der Waals surface area contributed by atoms with Crippen molar-refractivity contribution < 1.29 is 23.9 Å². The zero-order valence-corrected chi connectivity index (χ0v) is 16.2. The molecule has 2 heterocycles. The first kappa shape index (κ1) is 18.7. The third kappa shape index (κ3) is 4.13. The van der Waals surface area contributed by atoms with E-state index in [4.69, 9.17) is 14.2 Å². The highest BCUT2D eigenvalue weighted by atomic mass is 16.7. The van der Waals surface area contributed by atoms with Crippen molar-refractivity contribution in [3.8, 4) is 5.75 Å². The molecule has 0 bridgehead atoms. The van der Waals surface area contributed by atoms with E-state index in [1.165, 1.54) is 17.7 Å². The molecule has 1 atom stereocenters. The van der Waals surface area contributed by atoms with Crippen LogP contribution in [0.4, 0.5) is 0 Å². The van der Waals surface area contributed by atoms with Crippen molar-refractivity contribution in [3.63, 3.8) is 0 Å². The van der Waals surface area contributed by atoms with Crippen LogP contribution >= 0.6 is 0 Å². The van der Waals surface area contributed by atoms with Gasteiger partial charge in [-0.1, -0.05) is 12.8 Å². The molecular formula is C21H31N2O4+. The van der Waals surface area contributed by atoms with Gasteiger partial charge in [-0.25, -0.2) is 0 Å². The maximum Gasteiger partial charge on any atom is 0.283 e. The molecule has 148 valence electrons. The Bertz CT molecular complexity index is 626. The number of carbonyl (C=O) groups is 1. The summed E-state index contributed by atoms with van der Waals surface area (Å²) in [7, 11) is 1.66. The second-order valence-electron chi connectivity index (χ2n) is 7.96. The van der Waals surface area contributed by atoms with Crippen molar-refractivity contribution in [1.29, 1.82) is 0 Å². The van der Waals surface area contributed by atoms with Crippen LogP contribution in [0.1, 0.15) is 50.1 Å². The van der Waals surface area contributed by atoms with E-state index in [2.05, 4.69) is 5.32 Å². The number of benzene rings is 1. The van der Waals surface area contributed by atoms with Gasteiger partial charge in [-0.2, -0.15) is 0 Å². The van der Waals surface area contributed by atoms with E-state index in [1.54, 1.807) is 7.11 Å². The van der Waals surface area contributed by atoms with E-state index in [0.717, 1.165) is 50.1 Å². The van der Waals surface area contributed by atoms with Crippen molar-refractivity contribution in [2.24, 2.45) is 0 Å². The topological polar surface area (TPSA) is 61.2 Å². The van der Waals surface area contributed by atoms with E-state index in [0.29, 0.717) is 19.3 Å². The lowest BCUT2D eigenvalue weighted by Crippen LogP contribution is -3.15. The average Bonchev–Trinajstić information content (AvgIpc) is 3.37. The molecule has 1 spiro atoms. The number of methoxy groups -OCH3 is 1. The van der Waals surface area contributed by atoms with Crippen LogP contribution in [0, 0.1) is 0 Å². The Morgan fingerprint density at radius 2 is 1.78 bits per heavy atom. The molecule has 27 heavy (non-hydrogen) atoms. The Morgan fingerprint density at radius 3 is 2.37 bits per heavy atom. The number of amides is 1. The first-order chi connectivity index (χ1) is 13.2. The minimum absolute atomic E-state index is 0.145. The Kier molecular flexibility index (Phi) is 5.66. The fourth-order valence-corrected chi connectivity index (χ4v) is 4.75. The van der Waals surface area contributed by atoms with Crippen molar-refractivity contribution >= 4 is 5.91 Å². The first-order valence-corrected chi connectivity index (χ1v) is 10.3. The van der Waals surface area contributed by atoms with Gasteiger partial charge in [0.2, 0.25) is 0 Å². The summed E-state index contributed by atoms with van der Waals surface area (Å²) in [6, 6.07) is 8.07. The lowest BCUT2D eigenvalue weighted by molar-refractivity contribution is -0.930. The molecular weight excluding hydrogens is 344 g/mol. The lowest BCUT2D eigenvalue weighted by atomic mass is 9.97. The van der Waals surface area contributed by atoms with Crippen LogP contribution in [-0.4, -0.2) is 51.1 Å². The van der Waals surface area contributed by atoms with Crippen molar-refractivity contribution in [2.75, 3.05) is 33.4 Å². The summed E-state index contributed by atoms with van der Waals surface area (Å²) in [6.07, 6.45) is 6.30. The van der Waals surface area contributed by atoms with Gasteiger partial charge in [-0.05, 0) is 37.1 Å². The number of quaternary nitrogens is 1. The summed E-state index contributed by atoms with van der Waals surface area (Å²) in [5, 5.41) is 3.31. The lowest BCUT2D eigenvalue weighted by Gasteiger charge is -2.38. The van der Waals surface area contributed by atoms with Crippen molar-refractivity contribution in [2.45, 2.75) is 56.4 Å². The average molecular weight is 375 g/mol. The molecule has 1 aromatic rings. The molecule has 4 rings (SSSR count). The molecule has 2 saturated heterocycles. The summed E-state index contributed by atoms with van der Waals surface area (Å²) in [6.45, 7) is 3.10. The molecule has 3 aliphatic rings. The van der Waals surface area contributed by atoms with Gasteiger partial charge in [0, 0.05) is 11.6 Å². The van der Waals surface area contributed by atoms with Crippen molar-refractivity contribution in [3.05, 3.63) is 29.8 Å². The Morgan fingerprint density at radius 1 is 1.15 bits per heavy atom. The molecule has 6 nitrogen and oxygen atoms in total. The fraction of sp³-hybridized carbons (Fsp3) is 0.667. The predicted molar refractivity (Wildman–Crippen MR) is 101 cm³/mol. The quantitative estimate of drug-likeness (QED) is 0.812. The maximum absolute atomic E-state index is 13.2. The van der Waals surface area contributed by atoms with E-state index in [9.17, 15) is 4.79 Å². The molecule has 3 fully saturated rings. The summed E-state index contributed by atoms with van der Waals surface area (Å²) >= 11 is 0. The van der Waals surface area contributed by atoms with Crippen LogP contribution in [0.25, 0.3) is 0 Å². The summed E-state index contributed by atoms with van der Waals surface area (Å²) < 4.78 is 17.0. The number of piperidine rings is 1. The maximum atomic E-state index is 13.2. The van der Waals surface area contributed by atoms with E-state index >= 15 is 0 Å². The second kappa shape index (κ2) is 8.17. The molecule has 1 amide bonds. The number of hydrogen-bond acceptors (Lipinski definition) is 4. The Balaban J connectivity index is 1.50. The largest absolute Gasteiger partial charge is 0.497 e. The zero-order chi connectivity index (χ0) is 18.7. The normalized spacial score (nSPS) is 24.2. The van der Waals surface area contributed by atoms with Crippen LogP contribution in [0.2, 0.25) is 0 Å². The summed E-state index contributed by atoms with van der Waals surface area (Å²) in [4.78, 5) is 14.5. The molecule has 1 aromatic carbocycles. The van der Waals surface area contributed by atoms with Gasteiger partial charge in [0.1, 0.15) is 5.75 Å². The van der Waals surface area contributed by atoms with Gasteiger partial charge >= 0.3 is 0 Å². The summed E-state index contributed by atoms with van der Waals surface area (Å²) in [5.41, 5.74) is 1.05. The summed E-state index contributed by atoms with van der Waals surface area (Å²) in [5.74, 6) is 0.552. The van der Waals surface area contributed by atoms with Gasteiger partial charge in [0.05, 0.1) is 46.3 Å². The highest BCUT2D eigenvalue weighted by Crippen LogP contribution is 2.28. The van der Waals surface area contributed by atoms with Crippen LogP contribution < -0.4 is 15.0 Å². The SMILES string of the molecule is COc1ccc(C(C(=O)NC2CCCC2)[NH+]2CCC3(CC2)OCCO3)cc1. The number of carbonyl (C=O) groups excluding carboxylic acids is 1. The number of nitrogens with one attached hydrogen (secondary N) is 2. The van der Waals surface area contributed by atoms with Crippen molar-refractivity contribution in [1.82, 2.24) is 5.32 Å². The molecule has 6 heteroatoms. The van der Waals surface area contributed by atoms with Crippen LogP contribution in [0.5, 0.6) is 5.75 Å². The first-order valence-electron chi connectivity index (χ1n) is 10.3. The second-order valence-corrected chi connectivity index (χ2v) is 7.96. The Hall–Kier alpha value is -1.63. The smallest absolute Gasteiger partial charge is 0.283 e. The number of rotatable bonds is 5. The number of hydrogen-bond donors (Lipinski definition) is 2. The van der Waals surface area contributed by atoms with Crippen LogP contribution in [0.3, 0.4) is 0 Å². The number of likely N-dealkylation sites (tertiary alicyclic amines) is 1. The zero-order valence-electron chi connectivity index (χ0n) is 16.2. The molecule has 2 aliphatic heterocycles. The van der Waals surface area contributed by atoms with Gasteiger partial charge in [0.25, 0.3) is 5.91 Å². The molecule has 0 aromatic heterocycles. The fourth-order valence-electron chi connectivity index (χ4n) is 4.75. The minimum atomic E-state index is -0.407.